The van der Waals surface area contributed by atoms with Crippen molar-refractivity contribution in [1.29, 1.82) is 0 Å². The van der Waals surface area contributed by atoms with Crippen molar-refractivity contribution in [3.63, 3.8) is 0 Å². The fourth-order valence-corrected chi connectivity index (χ4v) is 3.35. The summed E-state index contributed by atoms with van der Waals surface area (Å²) in [6.07, 6.45) is 1.76. The maximum absolute atomic E-state index is 12.8. The standard InChI is InChI=1S/C23H22N4O/c1-27(2)15-14-25-23(28)19-11-7-10-17-16-8-3-4-9-18(16)22(26-21(17)19)20-12-5-6-13-24-20/h3-13H,14-15H2,1-2H3,(H,25,28). The smallest absolute Gasteiger partial charge is 0.253 e. The van der Waals surface area contributed by atoms with E-state index in [9.17, 15) is 4.79 Å². The largest absolute Gasteiger partial charge is 0.351 e. The summed E-state index contributed by atoms with van der Waals surface area (Å²) in [5.74, 6) is -0.109. The first-order valence-corrected chi connectivity index (χ1v) is 9.31. The van der Waals surface area contributed by atoms with Crippen molar-refractivity contribution in [3.8, 4) is 11.4 Å². The summed E-state index contributed by atoms with van der Waals surface area (Å²) in [5.41, 5.74) is 2.86. The van der Waals surface area contributed by atoms with Crippen LogP contribution in [-0.4, -0.2) is 48.0 Å². The number of likely N-dealkylation sites (N-methyl/N-ethyl adjacent to an activating group) is 1. The third-order valence-corrected chi connectivity index (χ3v) is 4.73. The van der Waals surface area contributed by atoms with E-state index in [1.165, 1.54) is 0 Å². The fraction of sp³-hybridized carbons (Fsp3) is 0.174. The molecule has 0 saturated carbocycles. The first-order valence-electron chi connectivity index (χ1n) is 9.31. The summed E-state index contributed by atoms with van der Waals surface area (Å²) < 4.78 is 0. The topological polar surface area (TPSA) is 58.1 Å². The maximum Gasteiger partial charge on any atom is 0.253 e. The molecule has 4 aromatic rings. The molecule has 140 valence electrons. The van der Waals surface area contributed by atoms with E-state index in [2.05, 4.69) is 22.4 Å². The number of pyridine rings is 2. The van der Waals surface area contributed by atoms with Crippen LogP contribution in [0.2, 0.25) is 0 Å². The quantitative estimate of drug-likeness (QED) is 0.544. The molecule has 0 unspecified atom stereocenters. The Bertz CT molecular complexity index is 1140. The minimum atomic E-state index is -0.109. The zero-order valence-corrected chi connectivity index (χ0v) is 16.0. The Morgan fingerprint density at radius 3 is 2.43 bits per heavy atom. The van der Waals surface area contributed by atoms with E-state index in [4.69, 9.17) is 4.98 Å². The van der Waals surface area contributed by atoms with Crippen molar-refractivity contribution in [2.24, 2.45) is 0 Å². The van der Waals surface area contributed by atoms with Crippen molar-refractivity contribution in [3.05, 3.63) is 72.4 Å². The lowest BCUT2D eigenvalue weighted by atomic mass is 9.99. The van der Waals surface area contributed by atoms with E-state index in [1.807, 2.05) is 67.5 Å². The SMILES string of the molecule is CN(C)CCNC(=O)c1cccc2c1nc(-c1ccccn1)c1ccccc12. The van der Waals surface area contributed by atoms with Crippen LogP contribution in [0.25, 0.3) is 33.1 Å². The van der Waals surface area contributed by atoms with Crippen molar-refractivity contribution in [2.75, 3.05) is 27.2 Å². The molecule has 0 aliphatic rings. The van der Waals surface area contributed by atoms with Gasteiger partial charge in [0.2, 0.25) is 0 Å². The number of hydrogen-bond donors (Lipinski definition) is 1. The average molecular weight is 370 g/mol. The first kappa shape index (κ1) is 18.1. The Kier molecular flexibility index (Phi) is 5.00. The fourth-order valence-electron chi connectivity index (χ4n) is 3.35. The Morgan fingerprint density at radius 1 is 0.929 bits per heavy atom. The highest BCUT2D eigenvalue weighted by Crippen LogP contribution is 2.32. The molecule has 0 fully saturated rings. The number of carbonyl (C=O) groups excluding carboxylic acids is 1. The van der Waals surface area contributed by atoms with E-state index >= 15 is 0 Å². The van der Waals surface area contributed by atoms with Gasteiger partial charge in [-0.15, -0.1) is 0 Å². The van der Waals surface area contributed by atoms with Crippen molar-refractivity contribution in [2.45, 2.75) is 0 Å². The van der Waals surface area contributed by atoms with Gasteiger partial charge in [-0.2, -0.15) is 0 Å². The van der Waals surface area contributed by atoms with Crippen LogP contribution in [0.4, 0.5) is 0 Å². The molecule has 0 aliphatic heterocycles. The van der Waals surface area contributed by atoms with E-state index in [-0.39, 0.29) is 5.91 Å². The van der Waals surface area contributed by atoms with Crippen LogP contribution in [0, 0.1) is 0 Å². The Labute approximate surface area is 164 Å². The van der Waals surface area contributed by atoms with Crippen molar-refractivity contribution >= 4 is 27.6 Å². The summed E-state index contributed by atoms with van der Waals surface area (Å²) in [6, 6.07) is 19.7. The summed E-state index contributed by atoms with van der Waals surface area (Å²) in [6.45, 7) is 1.37. The zero-order valence-electron chi connectivity index (χ0n) is 16.0. The molecule has 2 aromatic heterocycles. The van der Waals surface area contributed by atoms with Gasteiger partial charge in [0.1, 0.15) is 0 Å². The minimum absolute atomic E-state index is 0.109. The number of para-hydroxylation sites is 1. The van der Waals surface area contributed by atoms with Crippen molar-refractivity contribution < 1.29 is 4.79 Å². The van der Waals surface area contributed by atoms with E-state index < -0.39 is 0 Å². The molecular weight excluding hydrogens is 348 g/mol. The van der Waals surface area contributed by atoms with Crippen molar-refractivity contribution in [1.82, 2.24) is 20.2 Å². The molecule has 5 nitrogen and oxygen atoms in total. The number of amides is 1. The Morgan fingerprint density at radius 2 is 1.68 bits per heavy atom. The van der Waals surface area contributed by atoms with Crippen LogP contribution in [0.5, 0.6) is 0 Å². The van der Waals surface area contributed by atoms with Gasteiger partial charge in [-0.25, -0.2) is 4.98 Å². The molecule has 0 spiro atoms. The van der Waals surface area contributed by atoms with Crippen LogP contribution >= 0.6 is 0 Å². The van der Waals surface area contributed by atoms with Gasteiger partial charge >= 0.3 is 0 Å². The number of benzene rings is 2. The van der Waals surface area contributed by atoms with Crippen LogP contribution < -0.4 is 5.32 Å². The second-order valence-electron chi connectivity index (χ2n) is 6.98. The van der Waals surface area contributed by atoms with Gasteiger partial charge in [0.15, 0.2) is 0 Å². The van der Waals surface area contributed by atoms with E-state index in [0.29, 0.717) is 17.6 Å². The monoisotopic (exact) mass is 370 g/mol. The summed E-state index contributed by atoms with van der Waals surface area (Å²) in [4.78, 5) is 24.3. The predicted molar refractivity (Wildman–Crippen MR) is 113 cm³/mol. The average Bonchev–Trinajstić information content (AvgIpc) is 2.73. The Hall–Kier alpha value is -3.31. The molecule has 28 heavy (non-hydrogen) atoms. The van der Waals surface area contributed by atoms with Crippen LogP contribution in [0.1, 0.15) is 10.4 Å². The molecule has 1 N–H and O–H groups in total. The molecule has 0 saturated heterocycles. The molecule has 0 radical (unpaired) electrons. The number of aromatic nitrogens is 2. The summed E-state index contributed by atoms with van der Waals surface area (Å²) in [5, 5.41) is 6.05. The molecule has 4 rings (SSSR count). The van der Waals surface area contributed by atoms with Gasteiger partial charge in [-0.3, -0.25) is 9.78 Å². The van der Waals surface area contributed by atoms with Gasteiger partial charge in [0.25, 0.3) is 5.91 Å². The lowest BCUT2D eigenvalue weighted by Gasteiger charge is -2.13. The molecule has 5 heteroatoms. The second-order valence-corrected chi connectivity index (χ2v) is 6.98. The summed E-state index contributed by atoms with van der Waals surface area (Å²) >= 11 is 0. The second kappa shape index (κ2) is 7.74. The zero-order chi connectivity index (χ0) is 19.5. The third-order valence-electron chi connectivity index (χ3n) is 4.73. The molecular formula is C23H22N4O. The van der Waals surface area contributed by atoms with E-state index in [1.54, 1.807) is 6.20 Å². The lowest BCUT2D eigenvalue weighted by Crippen LogP contribution is -2.31. The third kappa shape index (κ3) is 3.44. The Balaban J connectivity index is 1.90. The highest BCUT2D eigenvalue weighted by Gasteiger charge is 2.16. The van der Waals surface area contributed by atoms with Crippen LogP contribution in [0.15, 0.2) is 66.9 Å². The summed E-state index contributed by atoms with van der Waals surface area (Å²) in [7, 11) is 3.97. The number of fused-ring (bicyclic) bond motifs is 3. The van der Waals surface area contributed by atoms with Crippen LogP contribution in [-0.2, 0) is 0 Å². The molecule has 2 aromatic carbocycles. The van der Waals surface area contributed by atoms with Gasteiger partial charge in [-0.05, 0) is 37.7 Å². The number of rotatable bonds is 5. The number of nitrogens with zero attached hydrogens (tertiary/aromatic N) is 3. The van der Waals surface area contributed by atoms with Gasteiger partial charge in [0.05, 0.1) is 22.5 Å². The molecule has 2 heterocycles. The van der Waals surface area contributed by atoms with Gasteiger partial charge in [0, 0.05) is 30.1 Å². The van der Waals surface area contributed by atoms with Crippen LogP contribution in [0.3, 0.4) is 0 Å². The highest BCUT2D eigenvalue weighted by atomic mass is 16.1. The highest BCUT2D eigenvalue weighted by molar-refractivity contribution is 6.16. The first-order chi connectivity index (χ1) is 13.6. The number of hydrogen-bond acceptors (Lipinski definition) is 4. The predicted octanol–water partition coefficient (Wildman–Crippen LogP) is 3.74. The normalized spacial score (nSPS) is 11.2. The maximum atomic E-state index is 12.8. The molecule has 0 bridgehead atoms. The number of nitrogens with one attached hydrogen (secondary N) is 1. The molecule has 1 amide bonds. The molecule has 0 atom stereocenters. The number of carbonyl (C=O) groups is 1. The van der Waals surface area contributed by atoms with Gasteiger partial charge in [-0.1, -0.05) is 42.5 Å². The minimum Gasteiger partial charge on any atom is -0.351 e. The van der Waals surface area contributed by atoms with Gasteiger partial charge < -0.3 is 10.2 Å². The van der Waals surface area contributed by atoms with E-state index in [0.717, 1.165) is 34.1 Å². The molecule has 0 aliphatic carbocycles. The lowest BCUT2D eigenvalue weighted by molar-refractivity contribution is 0.0952.